The zero-order valence-electron chi connectivity index (χ0n) is 10.3. The van der Waals surface area contributed by atoms with Gasteiger partial charge in [0.2, 0.25) is 0 Å². The Morgan fingerprint density at radius 2 is 2.00 bits per heavy atom. The van der Waals surface area contributed by atoms with Crippen molar-refractivity contribution in [2.45, 2.75) is 6.42 Å². The van der Waals surface area contributed by atoms with Crippen molar-refractivity contribution in [1.29, 1.82) is 0 Å². The number of aromatic nitrogens is 4. The summed E-state index contributed by atoms with van der Waals surface area (Å²) in [7, 11) is 0. The predicted octanol–water partition coefficient (Wildman–Crippen LogP) is 1.10. The molecule has 0 radical (unpaired) electrons. The molecule has 19 heavy (non-hydrogen) atoms. The molecular formula is C13H14N6. The van der Waals surface area contributed by atoms with Gasteiger partial charge in [0.1, 0.15) is 17.7 Å². The predicted molar refractivity (Wildman–Crippen MR) is 74.3 cm³/mol. The molecule has 0 aliphatic carbocycles. The summed E-state index contributed by atoms with van der Waals surface area (Å²) in [5, 5.41) is 0. The van der Waals surface area contributed by atoms with Crippen LogP contribution in [0.5, 0.6) is 0 Å². The largest absolute Gasteiger partial charge is 0.382 e. The van der Waals surface area contributed by atoms with Gasteiger partial charge in [-0.3, -0.25) is 0 Å². The average Bonchev–Trinajstić information content (AvgIpc) is 2.85. The van der Waals surface area contributed by atoms with Crippen LogP contribution in [0.3, 0.4) is 0 Å². The highest BCUT2D eigenvalue weighted by Gasteiger charge is 2.11. The van der Waals surface area contributed by atoms with E-state index in [4.69, 9.17) is 11.5 Å². The molecule has 0 saturated heterocycles. The third-order valence-corrected chi connectivity index (χ3v) is 3.00. The number of aromatic amines is 1. The molecule has 3 aromatic rings. The number of nitrogens with one attached hydrogen (secondary N) is 1. The minimum atomic E-state index is 0.403. The first-order valence-corrected chi connectivity index (χ1v) is 6.04. The number of imidazole rings is 1. The Kier molecular flexibility index (Phi) is 2.85. The van der Waals surface area contributed by atoms with E-state index in [1.165, 1.54) is 6.33 Å². The number of benzene rings is 1. The van der Waals surface area contributed by atoms with Gasteiger partial charge in [0.15, 0.2) is 11.5 Å². The molecule has 0 fully saturated rings. The van der Waals surface area contributed by atoms with Crippen molar-refractivity contribution in [3.8, 4) is 11.4 Å². The highest BCUT2D eigenvalue weighted by molar-refractivity contribution is 5.84. The third-order valence-electron chi connectivity index (χ3n) is 3.00. The molecule has 0 amide bonds. The highest BCUT2D eigenvalue weighted by Crippen LogP contribution is 2.24. The van der Waals surface area contributed by atoms with Crippen LogP contribution >= 0.6 is 0 Å². The topological polar surface area (TPSA) is 106 Å². The summed E-state index contributed by atoms with van der Waals surface area (Å²) >= 11 is 0. The van der Waals surface area contributed by atoms with E-state index in [0.717, 1.165) is 23.4 Å². The van der Waals surface area contributed by atoms with Crippen LogP contribution < -0.4 is 11.5 Å². The van der Waals surface area contributed by atoms with Crippen LogP contribution in [-0.4, -0.2) is 26.5 Å². The normalized spacial score (nSPS) is 11.0. The van der Waals surface area contributed by atoms with Gasteiger partial charge in [0, 0.05) is 5.56 Å². The monoisotopic (exact) mass is 254 g/mol. The van der Waals surface area contributed by atoms with E-state index < -0.39 is 0 Å². The molecule has 6 nitrogen and oxygen atoms in total. The van der Waals surface area contributed by atoms with Crippen molar-refractivity contribution in [1.82, 2.24) is 19.9 Å². The van der Waals surface area contributed by atoms with Gasteiger partial charge < -0.3 is 16.5 Å². The smallest absolute Gasteiger partial charge is 0.183 e. The van der Waals surface area contributed by atoms with Crippen molar-refractivity contribution in [3.05, 3.63) is 36.2 Å². The number of H-pyrrole nitrogens is 1. The molecule has 1 aromatic carbocycles. The van der Waals surface area contributed by atoms with Crippen LogP contribution in [0.25, 0.3) is 22.6 Å². The molecule has 0 aliphatic heterocycles. The molecule has 0 spiro atoms. The molecule has 2 aromatic heterocycles. The summed E-state index contributed by atoms with van der Waals surface area (Å²) in [4.78, 5) is 15.7. The van der Waals surface area contributed by atoms with Crippen molar-refractivity contribution in [3.63, 3.8) is 0 Å². The second-order valence-corrected chi connectivity index (χ2v) is 4.24. The van der Waals surface area contributed by atoms with E-state index in [-0.39, 0.29) is 0 Å². The summed E-state index contributed by atoms with van der Waals surface area (Å²) in [6.45, 7) is 0.596. The minimum Gasteiger partial charge on any atom is -0.382 e. The molecule has 0 unspecified atom stereocenters. The molecule has 5 N–H and O–H groups in total. The fourth-order valence-corrected chi connectivity index (χ4v) is 2.10. The van der Waals surface area contributed by atoms with Crippen LogP contribution in [0.4, 0.5) is 5.82 Å². The van der Waals surface area contributed by atoms with Crippen molar-refractivity contribution < 1.29 is 0 Å². The number of hydrogen-bond donors (Lipinski definition) is 3. The van der Waals surface area contributed by atoms with Crippen LogP contribution in [0.2, 0.25) is 0 Å². The Morgan fingerprint density at radius 3 is 2.79 bits per heavy atom. The second-order valence-electron chi connectivity index (χ2n) is 4.24. The second kappa shape index (κ2) is 4.66. The summed E-state index contributed by atoms with van der Waals surface area (Å²) in [5.74, 6) is 1.14. The number of nitrogens with zero attached hydrogens (tertiary/aromatic N) is 3. The van der Waals surface area contributed by atoms with E-state index >= 15 is 0 Å². The molecule has 96 valence electrons. The summed E-state index contributed by atoms with van der Waals surface area (Å²) in [5.41, 5.74) is 14.8. The van der Waals surface area contributed by atoms with Gasteiger partial charge in [-0.05, 0) is 18.5 Å². The molecule has 0 saturated carbocycles. The van der Waals surface area contributed by atoms with Crippen LogP contribution in [0.15, 0.2) is 30.6 Å². The number of hydrogen-bond acceptors (Lipinski definition) is 5. The Labute approximate surface area is 109 Å². The molecular weight excluding hydrogens is 240 g/mol. The van der Waals surface area contributed by atoms with E-state index in [2.05, 4.69) is 19.9 Å². The standard InChI is InChI=1S/C13H14N6/c14-6-5-8-3-1-2-4-9(8)12-18-10-11(15)16-7-17-13(10)19-12/h1-4,7H,5-6,14H2,(H3,15,16,17,18,19). The van der Waals surface area contributed by atoms with E-state index in [1.807, 2.05) is 24.3 Å². The molecule has 0 aliphatic rings. The Morgan fingerprint density at radius 1 is 1.16 bits per heavy atom. The zero-order valence-corrected chi connectivity index (χ0v) is 10.3. The first-order chi connectivity index (χ1) is 9.29. The Balaban J connectivity index is 2.17. The highest BCUT2D eigenvalue weighted by atomic mass is 15.0. The van der Waals surface area contributed by atoms with Crippen molar-refractivity contribution in [2.24, 2.45) is 5.73 Å². The van der Waals surface area contributed by atoms with E-state index in [0.29, 0.717) is 23.5 Å². The number of fused-ring (bicyclic) bond motifs is 1. The van der Waals surface area contributed by atoms with Gasteiger partial charge in [-0.1, -0.05) is 24.3 Å². The van der Waals surface area contributed by atoms with Gasteiger partial charge in [-0.25, -0.2) is 15.0 Å². The van der Waals surface area contributed by atoms with Crippen LogP contribution in [-0.2, 0) is 6.42 Å². The third kappa shape index (κ3) is 2.02. The lowest BCUT2D eigenvalue weighted by Gasteiger charge is -2.05. The van der Waals surface area contributed by atoms with Gasteiger partial charge in [0.25, 0.3) is 0 Å². The van der Waals surface area contributed by atoms with Crippen molar-refractivity contribution >= 4 is 17.0 Å². The number of nitrogens with two attached hydrogens (primary N) is 2. The van der Waals surface area contributed by atoms with Crippen molar-refractivity contribution in [2.75, 3.05) is 12.3 Å². The molecule has 0 bridgehead atoms. The summed E-state index contributed by atoms with van der Waals surface area (Å²) in [6.07, 6.45) is 2.21. The van der Waals surface area contributed by atoms with E-state index in [1.54, 1.807) is 0 Å². The molecule has 6 heteroatoms. The maximum atomic E-state index is 5.80. The van der Waals surface area contributed by atoms with Gasteiger partial charge in [-0.15, -0.1) is 0 Å². The first kappa shape index (κ1) is 11.6. The SMILES string of the molecule is NCCc1ccccc1-c1nc2ncnc(N)c2[nH]1. The van der Waals surface area contributed by atoms with Gasteiger partial charge in [-0.2, -0.15) is 0 Å². The number of rotatable bonds is 3. The fraction of sp³-hybridized carbons (Fsp3) is 0.154. The maximum Gasteiger partial charge on any atom is 0.183 e. The summed E-state index contributed by atoms with van der Waals surface area (Å²) < 4.78 is 0. The number of nitrogen functional groups attached to an aromatic ring is 1. The molecule has 0 atom stereocenters. The number of anilines is 1. The first-order valence-electron chi connectivity index (χ1n) is 6.04. The molecule has 2 heterocycles. The zero-order chi connectivity index (χ0) is 13.2. The lowest BCUT2D eigenvalue weighted by atomic mass is 10.0. The Bertz CT molecular complexity index is 718. The summed E-state index contributed by atoms with van der Waals surface area (Å²) in [6, 6.07) is 8.01. The van der Waals surface area contributed by atoms with Gasteiger partial charge >= 0.3 is 0 Å². The van der Waals surface area contributed by atoms with E-state index in [9.17, 15) is 0 Å². The Hall–Kier alpha value is -2.47. The van der Waals surface area contributed by atoms with Gasteiger partial charge in [0.05, 0.1) is 0 Å². The quantitative estimate of drug-likeness (QED) is 0.649. The average molecular weight is 254 g/mol. The maximum absolute atomic E-state index is 5.80. The van der Waals surface area contributed by atoms with Crippen LogP contribution in [0, 0.1) is 0 Å². The lowest BCUT2D eigenvalue weighted by Crippen LogP contribution is -2.04. The molecule has 3 rings (SSSR count). The lowest BCUT2D eigenvalue weighted by molar-refractivity contribution is 0.968. The fourth-order valence-electron chi connectivity index (χ4n) is 2.10. The van der Waals surface area contributed by atoms with Crippen LogP contribution in [0.1, 0.15) is 5.56 Å². The minimum absolute atomic E-state index is 0.403.